The third-order valence-electron chi connectivity index (χ3n) is 2.40. The molecule has 0 aliphatic heterocycles. The Bertz CT molecular complexity index is 618. The van der Waals surface area contributed by atoms with Gasteiger partial charge in [0.2, 0.25) is 0 Å². The van der Waals surface area contributed by atoms with Gasteiger partial charge >= 0.3 is 0 Å². The molecule has 0 unspecified atom stereocenters. The van der Waals surface area contributed by atoms with Crippen LogP contribution >= 0.6 is 11.6 Å². The SMILES string of the molecule is O=S=c1c(Cl)c(Cc2ccccc2)ccn1[O-]. The lowest BCUT2D eigenvalue weighted by Gasteiger charge is -2.13. The lowest BCUT2D eigenvalue weighted by molar-refractivity contribution is 0.698. The summed E-state index contributed by atoms with van der Waals surface area (Å²) in [6.07, 6.45) is 1.92. The average molecular weight is 267 g/mol. The van der Waals surface area contributed by atoms with Crippen molar-refractivity contribution >= 4 is 22.9 Å². The molecule has 1 aromatic heterocycles. The smallest absolute Gasteiger partial charge is 0.150 e. The van der Waals surface area contributed by atoms with Gasteiger partial charge in [-0.3, -0.25) is 0 Å². The van der Waals surface area contributed by atoms with Gasteiger partial charge in [0.1, 0.15) is 11.3 Å². The summed E-state index contributed by atoms with van der Waals surface area (Å²) in [6, 6.07) is 11.4. The van der Waals surface area contributed by atoms with Crippen molar-refractivity contribution in [2.45, 2.75) is 6.42 Å². The zero-order chi connectivity index (χ0) is 12.3. The van der Waals surface area contributed by atoms with Gasteiger partial charge in [-0.1, -0.05) is 41.9 Å². The van der Waals surface area contributed by atoms with Crippen molar-refractivity contribution in [1.82, 2.24) is 4.73 Å². The van der Waals surface area contributed by atoms with Crippen LogP contribution in [-0.2, 0) is 17.7 Å². The first kappa shape index (κ1) is 12.0. The zero-order valence-corrected chi connectivity index (χ0v) is 10.4. The Balaban J connectivity index is 2.45. The summed E-state index contributed by atoms with van der Waals surface area (Å²) in [5.74, 6) is 0. The van der Waals surface area contributed by atoms with Crippen molar-refractivity contribution in [3.63, 3.8) is 0 Å². The Kier molecular flexibility index (Phi) is 3.66. The lowest BCUT2D eigenvalue weighted by atomic mass is 10.1. The summed E-state index contributed by atoms with van der Waals surface area (Å²) in [5.41, 5.74) is 1.86. The molecular weight excluding hydrogens is 258 g/mol. The summed E-state index contributed by atoms with van der Waals surface area (Å²) in [5, 5.41) is 11.5. The Morgan fingerprint density at radius 3 is 2.59 bits per heavy atom. The maximum absolute atomic E-state index is 11.3. The summed E-state index contributed by atoms with van der Waals surface area (Å²) in [7, 11) is 0. The molecule has 17 heavy (non-hydrogen) atoms. The van der Waals surface area contributed by atoms with Crippen LogP contribution in [-0.4, -0.2) is 8.94 Å². The van der Waals surface area contributed by atoms with Crippen LogP contribution in [0.3, 0.4) is 0 Å². The van der Waals surface area contributed by atoms with Gasteiger partial charge in [0.25, 0.3) is 0 Å². The van der Waals surface area contributed by atoms with E-state index in [0.717, 1.165) is 11.1 Å². The van der Waals surface area contributed by atoms with E-state index < -0.39 is 0 Å². The Labute approximate surface area is 107 Å². The molecule has 0 spiro atoms. The lowest BCUT2D eigenvalue weighted by Crippen LogP contribution is -1.97. The van der Waals surface area contributed by atoms with E-state index in [1.807, 2.05) is 30.3 Å². The molecule has 5 heteroatoms. The number of nitrogens with zero attached hydrogens (tertiary/aromatic N) is 1. The van der Waals surface area contributed by atoms with Gasteiger partial charge in [-0.15, -0.1) is 0 Å². The van der Waals surface area contributed by atoms with Crippen LogP contribution in [0.15, 0.2) is 42.6 Å². The first-order chi connectivity index (χ1) is 8.22. The monoisotopic (exact) mass is 266 g/mol. The largest absolute Gasteiger partial charge is 0.805 e. The van der Waals surface area contributed by atoms with Crippen molar-refractivity contribution in [2.75, 3.05) is 0 Å². The van der Waals surface area contributed by atoms with E-state index in [-0.39, 0.29) is 20.9 Å². The second-order valence-electron chi connectivity index (χ2n) is 3.53. The molecule has 0 atom stereocenters. The first-order valence-electron chi connectivity index (χ1n) is 4.96. The van der Waals surface area contributed by atoms with Crippen molar-refractivity contribution < 1.29 is 4.21 Å². The second kappa shape index (κ2) is 5.21. The molecule has 3 nitrogen and oxygen atoms in total. The number of rotatable bonds is 2. The fourth-order valence-corrected chi connectivity index (χ4v) is 2.20. The van der Waals surface area contributed by atoms with Gasteiger partial charge in [0, 0.05) is 0 Å². The summed E-state index contributed by atoms with van der Waals surface area (Å²) < 4.78 is 11.3. The number of benzene rings is 1. The van der Waals surface area contributed by atoms with E-state index in [4.69, 9.17) is 11.6 Å². The highest BCUT2D eigenvalue weighted by Gasteiger charge is 2.04. The standard InChI is InChI=1S/C12H9ClNO2S/c13-11-10(6-7-14(15)12(11)17-16)8-9-4-2-1-3-5-9/h1-7H,8H2/q-1. The molecule has 0 aliphatic rings. The van der Waals surface area contributed by atoms with E-state index >= 15 is 0 Å². The average Bonchev–Trinajstić information content (AvgIpc) is 2.35. The van der Waals surface area contributed by atoms with E-state index in [2.05, 4.69) is 0 Å². The van der Waals surface area contributed by atoms with Crippen LogP contribution in [0, 0.1) is 9.85 Å². The molecule has 1 heterocycles. The highest BCUT2D eigenvalue weighted by molar-refractivity contribution is 7.56. The topological polar surface area (TPSA) is 45.1 Å². The Morgan fingerprint density at radius 2 is 1.94 bits per heavy atom. The normalized spacial score (nSPS) is 10.2. The molecule has 0 N–H and O–H groups in total. The number of hydrogen-bond acceptors (Lipinski definition) is 2. The highest BCUT2D eigenvalue weighted by atomic mass is 35.5. The third kappa shape index (κ3) is 2.60. The Hall–Kier alpha value is -1.52. The van der Waals surface area contributed by atoms with Gasteiger partial charge in [-0.2, -0.15) is 0 Å². The summed E-state index contributed by atoms with van der Waals surface area (Å²) >= 11 is 6.14. The van der Waals surface area contributed by atoms with E-state index in [1.54, 1.807) is 6.07 Å². The number of aromatic nitrogens is 1. The molecule has 1 aromatic carbocycles. The number of halogens is 1. The molecule has 0 aliphatic carbocycles. The minimum atomic E-state index is 0.0000905. The molecule has 0 amide bonds. The molecule has 2 aromatic rings. The predicted octanol–water partition coefficient (Wildman–Crippen LogP) is 2.82. The summed E-state index contributed by atoms with van der Waals surface area (Å²) in [4.78, 5) is 0. The molecule has 0 fully saturated rings. The molecule has 0 radical (unpaired) electrons. The van der Waals surface area contributed by atoms with Gasteiger partial charge in [-0.05, 0) is 29.8 Å². The van der Waals surface area contributed by atoms with Crippen LogP contribution in [0.5, 0.6) is 0 Å². The fraction of sp³-hybridized carbons (Fsp3) is 0.0833. The van der Waals surface area contributed by atoms with Crippen molar-refractivity contribution in [1.29, 1.82) is 0 Å². The number of hydrogen-bond donors (Lipinski definition) is 0. The second-order valence-corrected chi connectivity index (χ2v) is 4.46. The van der Waals surface area contributed by atoms with Gasteiger partial charge in [0.15, 0.2) is 4.64 Å². The first-order valence-corrected chi connectivity index (χ1v) is 6.08. The van der Waals surface area contributed by atoms with Gasteiger partial charge < -0.3 is 9.94 Å². The van der Waals surface area contributed by atoms with Gasteiger partial charge in [0.05, 0.1) is 5.02 Å². The van der Waals surface area contributed by atoms with E-state index in [1.165, 1.54) is 6.20 Å². The maximum Gasteiger partial charge on any atom is 0.150 e. The molecule has 0 saturated heterocycles. The van der Waals surface area contributed by atoms with Crippen molar-refractivity contribution in [3.8, 4) is 0 Å². The van der Waals surface area contributed by atoms with Crippen LogP contribution in [0.1, 0.15) is 11.1 Å². The van der Waals surface area contributed by atoms with Crippen LogP contribution in [0.2, 0.25) is 5.02 Å². The molecule has 0 bridgehead atoms. The Morgan fingerprint density at radius 1 is 1.24 bits per heavy atom. The molecule has 0 saturated carbocycles. The molecular formula is C12H9ClNO2S-. The number of pyridine rings is 1. The highest BCUT2D eigenvalue weighted by Crippen LogP contribution is 2.19. The quantitative estimate of drug-likeness (QED) is 0.785. The zero-order valence-electron chi connectivity index (χ0n) is 8.80. The summed E-state index contributed by atoms with van der Waals surface area (Å²) in [6.45, 7) is 0. The van der Waals surface area contributed by atoms with Gasteiger partial charge in [-0.25, -0.2) is 4.21 Å². The van der Waals surface area contributed by atoms with Crippen LogP contribution in [0.25, 0.3) is 0 Å². The molecule has 88 valence electrons. The minimum Gasteiger partial charge on any atom is -0.805 e. The molecule has 2 rings (SSSR count). The van der Waals surface area contributed by atoms with E-state index in [9.17, 15) is 9.42 Å². The van der Waals surface area contributed by atoms with Crippen LogP contribution in [0.4, 0.5) is 0 Å². The van der Waals surface area contributed by atoms with Crippen molar-refractivity contribution in [3.05, 3.63) is 68.6 Å². The van der Waals surface area contributed by atoms with Crippen molar-refractivity contribution in [2.24, 2.45) is 0 Å². The van der Waals surface area contributed by atoms with Crippen LogP contribution < -0.4 is 0 Å². The minimum absolute atomic E-state index is 0.0000905. The van der Waals surface area contributed by atoms with E-state index in [0.29, 0.717) is 11.2 Å². The fourth-order valence-electron chi connectivity index (χ4n) is 1.56. The third-order valence-corrected chi connectivity index (χ3v) is 3.47. The predicted molar refractivity (Wildman–Crippen MR) is 68.8 cm³/mol. The maximum atomic E-state index is 11.3.